The maximum absolute atomic E-state index is 13.5. The van der Waals surface area contributed by atoms with Gasteiger partial charge in [0.1, 0.15) is 5.75 Å². The lowest BCUT2D eigenvalue weighted by molar-refractivity contribution is -0.216. The van der Waals surface area contributed by atoms with Crippen LogP contribution in [0, 0.1) is 0 Å². The number of anilines is 1. The Balaban J connectivity index is 2.14. The number of esters is 1. The Morgan fingerprint density at radius 2 is 2.19 bits per heavy atom. The molecule has 21 heavy (non-hydrogen) atoms. The number of alkyl halides is 2. The first-order valence-corrected chi connectivity index (χ1v) is 6.58. The number of hydrogen-bond donors (Lipinski definition) is 0. The normalized spacial score (nSPS) is 15.2. The van der Waals surface area contributed by atoms with Gasteiger partial charge in [0.15, 0.2) is 0 Å². The zero-order chi connectivity index (χ0) is 15.5. The molecule has 0 saturated carbocycles. The van der Waals surface area contributed by atoms with E-state index in [4.69, 9.17) is 0 Å². The monoisotopic (exact) mass is 299 g/mol. The van der Waals surface area contributed by atoms with Gasteiger partial charge in [0, 0.05) is 24.7 Å². The molecule has 7 heteroatoms. The predicted molar refractivity (Wildman–Crippen MR) is 70.2 cm³/mol. The molecule has 1 amide bonds. The van der Waals surface area contributed by atoms with Crippen LogP contribution < -0.4 is 9.64 Å². The molecule has 1 aromatic rings. The van der Waals surface area contributed by atoms with Crippen molar-refractivity contribution in [2.24, 2.45) is 0 Å². The second kappa shape index (κ2) is 6.07. The molecule has 0 atom stereocenters. The molecule has 1 saturated heterocycles. The predicted octanol–water partition coefficient (Wildman–Crippen LogP) is 2.35. The smallest absolute Gasteiger partial charge is 0.459 e. The molecule has 1 aliphatic rings. The summed E-state index contributed by atoms with van der Waals surface area (Å²) >= 11 is 0. The van der Waals surface area contributed by atoms with Crippen LogP contribution in [0.1, 0.15) is 19.8 Å². The molecule has 1 aliphatic heterocycles. The van der Waals surface area contributed by atoms with Crippen LogP contribution in [-0.2, 0) is 14.3 Å². The fourth-order valence-corrected chi connectivity index (χ4v) is 2.04. The second-order valence-electron chi connectivity index (χ2n) is 4.49. The highest BCUT2D eigenvalue weighted by atomic mass is 19.3. The molecule has 0 aromatic heterocycles. The van der Waals surface area contributed by atoms with Crippen molar-refractivity contribution in [1.82, 2.24) is 0 Å². The summed E-state index contributed by atoms with van der Waals surface area (Å²) in [4.78, 5) is 24.2. The number of carbonyl (C=O) groups is 2. The summed E-state index contributed by atoms with van der Waals surface area (Å²) in [6, 6.07) is 5.70. The lowest BCUT2D eigenvalue weighted by atomic mass is 10.3. The summed E-state index contributed by atoms with van der Waals surface area (Å²) in [5, 5.41) is 0. The summed E-state index contributed by atoms with van der Waals surface area (Å²) in [5.74, 6) is -2.01. The quantitative estimate of drug-likeness (QED) is 0.783. The van der Waals surface area contributed by atoms with Crippen molar-refractivity contribution < 1.29 is 27.8 Å². The average Bonchev–Trinajstić information content (AvgIpc) is 2.85. The van der Waals surface area contributed by atoms with Gasteiger partial charge in [-0.1, -0.05) is 6.07 Å². The first kappa shape index (κ1) is 15.2. The van der Waals surface area contributed by atoms with Crippen LogP contribution in [0.15, 0.2) is 24.3 Å². The molecule has 1 aromatic carbocycles. The summed E-state index contributed by atoms with van der Waals surface area (Å²) < 4.78 is 35.6. The van der Waals surface area contributed by atoms with E-state index in [1.807, 2.05) is 0 Å². The van der Waals surface area contributed by atoms with Gasteiger partial charge in [0.05, 0.1) is 6.61 Å². The van der Waals surface area contributed by atoms with E-state index in [9.17, 15) is 18.4 Å². The third-order valence-electron chi connectivity index (χ3n) is 2.96. The highest BCUT2D eigenvalue weighted by Gasteiger charge is 2.44. The van der Waals surface area contributed by atoms with Crippen LogP contribution in [0.4, 0.5) is 14.5 Å². The minimum Gasteiger partial charge on any atom is -0.459 e. The van der Waals surface area contributed by atoms with Crippen LogP contribution in [0.5, 0.6) is 5.75 Å². The zero-order valence-electron chi connectivity index (χ0n) is 11.5. The van der Waals surface area contributed by atoms with Crippen LogP contribution in [0.25, 0.3) is 0 Å². The Bertz CT molecular complexity index is 548. The van der Waals surface area contributed by atoms with E-state index in [1.54, 1.807) is 6.07 Å². The molecule has 0 spiro atoms. The number of nitrogens with zero attached hydrogens (tertiary/aromatic N) is 1. The van der Waals surface area contributed by atoms with Crippen molar-refractivity contribution in [3.63, 3.8) is 0 Å². The van der Waals surface area contributed by atoms with E-state index in [2.05, 4.69) is 9.47 Å². The number of halogens is 2. The SMILES string of the molecule is CCOC(=O)C(F)(F)Oc1cccc(N2CCCC2=O)c1. The van der Waals surface area contributed by atoms with Gasteiger partial charge >= 0.3 is 12.1 Å². The van der Waals surface area contributed by atoms with Crippen LogP contribution in [0.3, 0.4) is 0 Å². The Labute approximate surface area is 120 Å². The molecule has 5 nitrogen and oxygen atoms in total. The van der Waals surface area contributed by atoms with Gasteiger partial charge in [0.25, 0.3) is 0 Å². The van der Waals surface area contributed by atoms with Gasteiger partial charge in [-0.3, -0.25) is 4.79 Å². The van der Waals surface area contributed by atoms with E-state index in [0.29, 0.717) is 18.7 Å². The van der Waals surface area contributed by atoms with Crippen molar-refractivity contribution in [1.29, 1.82) is 0 Å². The number of hydrogen-bond acceptors (Lipinski definition) is 4. The second-order valence-corrected chi connectivity index (χ2v) is 4.49. The van der Waals surface area contributed by atoms with Crippen molar-refractivity contribution in [3.05, 3.63) is 24.3 Å². The number of ether oxygens (including phenoxy) is 2. The zero-order valence-corrected chi connectivity index (χ0v) is 11.5. The molecule has 114 valence electrons. The van der Waals surface area contributed by atoms with Gasteiger partial charge in [-0.2, -0.15) is 8.78 Å². The molecule has 0 bridgehead atoms. The fraction of sp³-hybridized carbons (Fsp3) is 0.429. The maximum atomic E-state index is 13.5. The molecule has 1 fully saturated rings. The fourth-order valence-electron chi connectivity index (χ4n) is 2.04. The van der Waals surface area contributed by atoms with Crippen LogP contribution >= 0.6 is 0 Å². The number of rotatable bonds is 5. The third kappa shape index (κ3) is 3.48. The molecule has 2 rings (SSSR count). The maximum Gasteiger partial charge on any atom is 0.502 e. The highest BCUT2D eigenvalue weighted by Crippen LogP contribution is 2.29. The molecular weight excluding hydrogens is 284 g/mol. The Morgan fingerprint density at radius 3 is 2.81 bits per heavy atom. The number of amides is 1. The topological polar surface area (TPSA) is 55.8 Å². The van der Waals surface area contributed by atoms with Crippen molar-refractivity contribution in [2.45, 2.75) is 25.9 Å². The lowest BCUT2D eigenvalue weighted by Crippen LogP contribution is -2.37. The van der Waals surface area contributed by atoms with Crippen molar-refractivity contribution in [3.8, 4) is 5.75 Å². The van der Waals surface area contributed by atoms with Gasteiger partial charge in [-0.25, -0.2) is 4.79 Å². The summed E-state index contributed by atoms with van der Waals surface area (Å²) in [7, 11) is 0. The first-order chi connectivity index (χ1) is 9.94. The van der Waals surface area contributed by atoms with E-state index in [0.717, 1.165) is 6.42 Å². The molecule has 0 radical (unpaired) electrons. The van der Waals surface area contributed by atoms with Gasteiger partial charge < -0.3 is 14.4 Å². The molecule has 0 aliphatic carbocycles. The minimum atomic E-state index is -4.07. The first-order valence-electron chi connectivity index (χ1n) is 6.58. The summed E-state index contributed by atoms with van der Waals surface area (Å²) in [6.45, 7) is 1.80. The Morgan fingerprint density at radius 1 is 1.43 bits per heavy atom. The van der Waals surface area contributed by atoms with Crippen LogP contribution in [0.2, 0.25) is 0 Å². The largest absolute Gasteiger partial charge is 0.502 e. The van der Waals surface area contributed by atoms with Crippen molar-refractivity contribution >= 4 is 17.6 Å². The summed E-state index contributed by atoms with van der Waals surface area (Å²) in [6.07, 6.45) is -2.91. The molecule has 0 unspecified atom stereocenters. The van der Waals surface area contributed by atoms with E-state index in [1.165, 1.54) is 30.0 Å². The Kier molecular flexibility index (Phi) is 4.40. The van der Waals surface area contributed by atoms with Gasteiger partial charge in [0.2, 0.25) is 5.91 Å². The molecular formula is C14H15F2NO4. The van der Waals surface area contributed by atoms with Gasteiger partial charge in [-0.05, 0) is 25.5 Å². The third-order valence-corrected chi connectivity index (χ3v) is 2.96. The lowest BCUT2D eigenvalue weighted by Gasteiger charge is -2.19. The average molecular weight is 299 g/mol. The van der Waals surface area contributed by atoms with Crippen LogP contribution in [-0.4, -0.2) is 31.1 Å². The number of benzene rings is 1. The van der Waals surface area contributed by atoms with Crippen molar-refractivity contribution in [2.75, 3.05) is 18.1 Å². The minimum absolute atomic E-state index is 0.0655. The molecule has 0 N–H and O–H groups in total. The Hall–Kier alpha value is -2.18. The van der Waals surface area contributed by atoms with E-state index in [-0.39, 0.29) is 18.3 Å². The highest BCUT2D eigenvalue weighted by molar-refractivity contribution is 5.95. The number of carbonyl (C=O) groups excluding carboxylic acids is 2. The van der Waals surface area contributed by atoms with Gasteiger partial charge in [-0.15, -0.1) is 0 Å². The standard InChI is InChI=1S/C14H15F2NO4/c1-2-20-13(19)14(15,16)21-11-6-3-5-10(9-11)17-8-4-7-12(17)18/h3,5-6,9H,2,4,7-8H2,1H3. The molecule has 1 heterocycles. The summed E-state index contributed by atoms with van der Waals surface area (Å²) in [5.41, 5.74) is 0.467. The van der Waals surface area contributed by atoms with E-state index >= 15 is 0 Å². The van der Waals surface area contributed by atoms with E-state index < -0.39 is 12.1 Å².